The number of unbranched alkanes of at least 4 members (excludes halogenated alkanes) is 2. The molecule has 0 bridgehead atoms. The highest BCUT2D eigenvalue weighted by Gasteiger charge is 2.26. The molecular formula is C30H47N7O7. The van der Waals surface area contributed by atoms with E-state index in [-0.39, 0.29) is 67.6 Å². The molecule has 0 saturated carbocycles. The van der Waals surface area contributed by atoms with Gasteiger partial charge in [-0.25, -0.2) is 9.36 Å². The van der Waals surface area contributed by atoms with Crippen molar-refractivity contribution in [3.05, 3.63) is 23.8 Å². The Labute approximate surface area is 258 Å². The van der Waals surface area contributed by atoms with Crippen molar-refractivity contribution >= 4 is 29.2 Å². The van der Waals surface area contributed by atoms with Gasteiger partial charge in [-0.2, -0.15) is 0 Å². The number of carbonyl (C=O) groups excluding carboxylic acids is 5. The smallest absolute Gasteiger partial charge is 0.305 e. The van der Waals surface area contributed by atoms with Crippen molar-refractivity contribution in [3.8, 4) is 0 Å². The zero-order chi connectivity index (χ0) is 32.9. The molecule has 0 unspecified atom stereocenters. The monoisotopic (exact) mass is 617 g/mol. The lowest BCUT2D eigenvalue weighted by molar-refractivity contribution is -0.144. The topological polar surface area (TPSA) is 177 Å². The van der Waals surface area contributed by atoms with Gasteiger partial charge in [0, 0.05) is 23.7 Å². The molecule has 0 aliphatic heterocycles. The summed E-state index contributed by atoms with van der Waals surface area (Å²) in [5, 5.41) is 18.4. The Bertz CT molecular complexity index is 1270. The van der Waals surface area contributed by atoms with Crippen LogP contribution in [-0.4, -0.2) is 85.1 Å². The van der Waals surface area contributed by atoms with Crippen LogP contribution in [0.2, 0.25) is 0 Å². The van der Waals surface area contributed by atoms with E-state index in [9.17, 15) is 24.0 Å². The number of nitrogens with one attached hydrogen (secondary N) is 1. The van der Waals surface area contributed by atoms with Crippen molar-refractivity contribution in [1.29, 1.82) is 0 Å². The normalized spacial score (nSPS) is 12.5. The lowest BCUT2D eigenvalue weighted by Crippen LogP contribution is -2.40. The Hall–Kier alpha value is -3.81. The summed E-state index contributed by atoms with van der Waals surface area (Å²) in [5.74, 6) is -0.954. The average molecular weight is 618 g/mol. The largest absolute Gasteiger partial charge is 0.464 e. The van der Waals surface area contributed by atoms with Gasteiger partial charge in [0.15, 0.2) is 17.3 Å². The molecule has 14 heteroatoms. The number of hydrogen-bond acceptors (Lipinski definition) is 11. The number of esters is 1. The van der Waals surface area contributed by atoms with Crippen molar-refractivity contribution in [2.45, 2.75) is 106 Å². The molecule has 1 amide bonds. The number of nitrogens with zero attached hydrogens (tertiary/aromatic N) is 6. The summed E-state index contributed by atoms with van der Waals surface area (Å²) in [6, 6.07) is -0.596. The molecule has 244 valence electrons. The third-order valence-electron chi connectivity index (χ3n) is 6.63. The zero-order valence-corrected chi connectivity index (χ0v) is 27.1. The average Bonchev–Trinajstić information content (AvgIpc) is 3.60. The predicted octanol–water partition coefficient (Wildman–Crippen LogP) is 3.00. The molecule has 2 aromatic heterocycles. The molecule has 0 aliphatic rings. The summed E-state index contributed by atoms with van der Waals surface area (Å²) in [6.45, 7) is 13.6. The summed E-state index contributed by atoms with van der Waals surface area (Å²) in [5.41, 5.74) is -0.514. The molecular weight excluding hydrogens is 570 g/mol. The van der Waals surface area contributed by atoms with Crippen LogP contribution < -0.4 is 5.32 Å². The van der Waals surface area contributed by atoms with E-state index in [1.807, 2.05) is 41.5 Å². The summed E-state index contributed by atoms with van der Waals surface area (Å²) < 4.78 is 13.8. The lowest BCUT2D eigenvalue weighted by Gasteiger charge is -2.16. The predicted molar refractivity (Wildman–Crippen MR) is 160 cm³/mol. The Balaban J connectivity index is 1.56. The van der Waals surface area contributed by atoms with Crippen LogP contribution >= 0.6 is 0 Å². The fourth-order valence-corrected chi connectivity index (χ4v) is 3.98. The molecule has 2 heterocycles. The molecule has 0 spiro atoms. The van der Waals surface area contributed by atoms with Gasteiger partial charge in [0.2, 0.25) is 5.91 Å². The molecule has 0 radical (unpaired) electrons. The SMILES string of the molecule is CC(=O)[C@H](CCCCCC(=O)OCCn1cc(C(=O)C(C)(C)C)nn1)NC(=O)CCOCCn1cc(C(=O)C(C)(C)C)nn1. The van der Waals surface area contributed by atoms with Crippen molar-refractivity contribution in [2.24, 2.45) is 10.8 Å². The van der Waals surface area contributed by atoms with Gasteiger partial charge in [-0.05, 0) is 19.8 Å². The van der Waals surface area contributed by atoms with Gasteiger partial charge in [-0.15, -0.1) is 10.2 Å². The first kappa shape index (κ1) is 36.4. The molecule has 1 N–H and O–H groups in total. The number of aromatic nitrogens is 6. The second kappa shape index (κ2) is 16.9. The molecule has 0 fully saturated rings. The summed E-state index contributed by atoms with van der Waals surface area (Å²) in [7, 11) is 0. The highest BCUT2D eigenvalue weighted by Crippen LogP contribution is 2.20. The van der Waals surface area contributed by atoms with E-state index in [4.69, 9.17) is 9.47 Å². The highest BCUT2D eigenvalue weighted by atomic mass is 16.5. The zero-order valence-electron chi connectivity index (χ0n) is 27.1. The van der Waals surface area contributed by atoms with E-state index in [1.54, 1.807) is 12.4 Å². The number of Topliss-reactive ketones (excluding diaryl/α,β-unsaturated/α-hetero) is 3. The number of rotatable bonds is 19. The first-order valence-electron chi connectivity index (χ1n) is 15.0. The summed E-state index contributed by atoms with van der Waals surface area (Å²) >= 11 is 0. The standard InChI is InChI=1S/C30H47N7O7/c1-21(38)22(31-25(39)13-16-43-17-14-36-19-23(32-34-36)27(41)29(2,3)4)11-9-8-10-12-26(40)44-18-15-37-20-24(33-35-37)28(42)30(5,6)7/h19-20,22H,8-18H2,1-7H3,(H,31,39)/t22-/m0/s1. The first-order chi connectivity index (χ1) is 20.6. The number of ether oxygens (including phenoxy) is 2. The Morgan fingerprint density at radius 2 is 1.32 bits per heavy atom. The van der Waals surface area contributed by atoms with E-state index >= 15 is 0 Å². The van der Waals surface area contributed by atoms with Gasteiger partial charge in [0.05, 0.1) is 44.7 Å². The first-order valence-corrected chi connectivity index (χ1v) is 15.0. The Morgan fingerprint density at radius 3 is 1.84 bits per heavy atom. The van der Waals surface area contributed by atoms with Crippen molar-refractivity contribution in [2.75, 3.05) is 19.8 Å². The molecule has 2 rings (SSSR count). The van der Waals surface area contributed by atoms with E-state index in [2.05, 4.69) is 25.9 Å². The number of carbonyl (C=O) groups is 5. The van der Waals surface area contributed by atoms with Gasteiger partial charge in [0.25, 0.3) is 0 Å². The van der Waals surface area contributed by atoms with E-state index in [0.29, 0.717) is 44.5 Å². The van der Waals surface area contributed by atoms with Crippen molar-refractivity contribution in [1.82, 2.24) is 35.3 Å². The second-order valence-electron chi connectivity index (χ2n) is 12.8. The van der Waals surface area contributed by atoms with Crippen molar-refractivity contribution < 1.29 is 33.4 Å². The van der Waals surface area contributed by atoms with Gasteiger partial charge in [0.1, 0.15) is 18.0 Å². The van der Waals surface area contributed by atoms with Crippen LogP contribution in [0, 0.1) is 10.8 Å². The maximum absolute atomic E-state index is 12.3. The minimum Gasteiger partial charge on any atom is -0.464 e. The number of amides is 1. The minimum absolute atomic E-state index is 0.0920. The van der Waals surface area contributed by atoms with Crippen LogP contribution in [-0.2, 0) is 36.9 Å². The minimum atomic E-state index is -0.596. The van der Waals surface area contributed by atoms with Crippen LogP contribution in [0.4, 0.5) is 0 Å². The Morgan fingerprint density at radius 1 is 0.773 bits per heavy atom. The molecule has 0 aliphatic carbocycles. The molecule has 44 heavy (non-hydrogen) atoms. The van der Waals surface area contributed by atoms with Gasteiger partial charge in [-0.3, -0.25) is 24.0 Å². The van der Waals surface area contributed by atoms with E-state index in [0.717, 1.165) is 0 Å². The van der Waals surface area contributed by atoms with Crippen LogP contribution in [0.15, 0.2) is 12.4 Å². The maximum Gasteiger partial charge on any atom is 0.305 e. The van der Waals surface area contributed by atoms with Crippen LogP contribution in [0.25, 0.3) is 0 Å². The number of hydrogen-bond donors (Lipinski definition) is 1. The third-order valence-corrected chi connectivity index (χ3v) is 6.63. The molecule has 2 aromatic rings. The molecule has 1 atom stereocenters. The second-order valence-corrected chi connectivity index (χ2v) is 12.8. The molecule has 14 nitrogen and oxygen atoms in total. The number of ketones is 3. The van der Waals surface area contributed by atoms with Crippen molar-refractivity contribution in [3.63, 3.8) is 0 Å². The van der Waals surface area contributed by atoms with Gasteiger partial charge >= 0.3 is 5.97 Å². The van der Waals surface area contributed by atoms with Crippen LogP contribution in [0.3, 0.4) is 0 Å². The molecule has 0 saturated heterocycles. The van der Waals surface area contributed by atoms with E-state index in [1.165, 1.54) is 16.3 Å². The lowest BCUT2D eigenvalue weighted by atomic mass is 9.89. The highest BCUT2D eigenvalue weighted by molar-refractivity contribution is 5.98. The van der Waals surface area contributed by atoms with E-state index < -0.39 is 16.9 Å². The van der Waals surface area contributed by atoms with Crippen LogP contribution in [0.1, 0.15) is 108 Å². The van der Waals surface area contributed by atoms with Gasteiger partial charge in [-0.1, -0.05) is 64.8 Å². The Kier molecular flexibility index (Phi) is 14.0. The molecule has 0 aromatic carbocycles. The fourth-order valence-electron chi connectivity index (χ4n) is 3.98. The third kappa shape index (κ3) is 12.8. The summed E-state index contributed by atoms with van der Waals surface area (Å²) in [6.07, 6.45) is 5.90. The summed E-state index contributed by atoms with van der Waals surface area (Å²) in [4.78, 5) is 60.9. The fraction of sp³-hybridized carbons (Fsp3) is 0.700. The quantitative estimate of drug-likeness (QED) is 0.139. The van der Waals surface area contributed by atoms with Crippen LogP contribution in [0.5, 0.6) is 0 Å². The van der Waals surface area contributed by atoms with Gasteiger partial charge < -0.3 is 14.8 Å². The maximum atomic E-state index is 12.3.